The molecule has 0 radical (unpaired) electrons. The van der Waals surface area contributed by atoms with Crippen LogP contribution in [0.5, 0.6) is 0 Å². The van der Waals surface area contributed by atoms with Crippen LogP contribution in [0.1, 0.15) is 33.3 Å². The number of rotatable bonds is 8. The van der Waals surface area contributed by atoms with E-state index < -0.39 is 51.7 Å². The van der Waals surface area contributed by atoms with Crippen LogP contribution in [-0.2, 0) is 29.9 Å². The summed E-state index contributed by atoms with van der Waals surface area (Å²) < 4.78 is 120. The zero-order chi connectivity index (χ0) is 27.6. The van der Waals surface area contributed by atoms with Crippen LogP contribution in [0.25, 0.3) is 0 Å². The molecule has 0 amide bonds. The van der Waals surface area contributed by atoms with Crippen LogP contribution in [0, 0.1) is 0 Å². The minimum absolute atomic E-state index is 0.114. The lowest BCUT2D eigenvalue weighted by molar-refractivity contribution is -0.388. The summed E-state index contributed by atoms with van der Waals surface area (Å²) in [7, 11) is -4.15. The van der Waals surface area contributed by atoms with Gasteiger partial charge in [-0.3, -0.25) is 4.31 Å². The predicted molar refractivity (Wildman–Crippen MR) is 119 cm³/mol. The first-order chi connectivity index (χ1) is 16.4. The van der Waals surface area contributed by atoms with E-state index >= 15 is 0 Å². The number of anilines is 1. The van der Waals surface area contributed by atoms with Crippen molar-refractivity contribution in [2.45, 2.75) is 56.1 Å². The number of hydrogen-bond donors (Lipinski definition) is 0. The third kappa shape index (κ3) is 6.12. The van der Waals surface area contributed by atoms with Gasteiger partial charge in [0.15, 0.2) is 0 Å². The molecule has 0 aliphatic carbocycles. The van der Waals surface area contributed by atoms with E-state index in [2.05, 4.69) is 4.74 Å². The maximum absolute atomic E-state index is 14.0. The number of halogens is 6. The van der Waals surface area contributed by atoms with Crippen molar-refractivity contribution in [3.05, 3.63) is 60.2 Å². The molecule has 0 atom stereocenters. The van der Waals surface area contributed by atoms with Gasteiger partial charge in [0.1, 0.15) is 12.2 Å². The van der Waals surface area contributed by atoms with Crippen molar-refractivity contribution in [3.8, 4) is 0 Å². The normalized spacial score (nSPS) is 13.4. The average Bonchev–Trinajstić information content (AvgIpc) is 2.73. The van der Waals surface area contributed by atoms with Gasteiger partial charge in [0.05, 0.1) is 10.6 Å². The van der Waals surface area contributed by atoms with Gasteiger partial charge in [-0.2, -0.15) is 26.3 Å². The van der Waals surface area contributed by atoms with Gasteiger partial charge in [0.25, 0.3) is 15.6 Å². The molecule has 36 heavy (non-hydrogen) atoms. The topological polar surface area (TPSA) is 72.9 Å². The number of carbonyl (C=O) groups is 1. The van der Waals surface area contributed by atoms with Gasteiger partial charge in [-0.05, 0) is 52.0 Å². The van der Waals surface area contributed by atoms with E-state index in [1.807, 2.05) is 0 Å². The number of nitrogens with zero attached hydrogens (tertiary/aromatic N) is 1. The number of hydrogen-bond acceptors (Lipinski definition) is 5. The number of sulfonamides is 1. The molecule has 6 nitrogen and oxygen atoms in total. The van der Waals surface area contributed by atoms with Crippen LogP contribution in [-0.4, -0.2) is 45.5 Å². The first-order valence-corrected chi connectivity index (χ1v) is 12.0. The van der Waals surface area contributed by atoms with Crippen molar-refractivity contribution in [3.63, 3.8) is 0 Å². The first kappa shape index (κ1) is 29.4. The molecule has 0 spiro atoms. The van der Waals surface area contributed by atoms with Crippen molar-refractivity contribution in [2.75, 3.05) is 17.5 Å². The lowest BCUT2D eigenvalue weighted by Crippen LogP contribution is -2.56. The number of carbonyl (C=O) groups excluding carboxylic acids is 1. The Balaban J connectivity index is 2.53. The van der Waals surface area contributed by atoms with Crippen molar-refractivity contribution in [1.82, 2.24) is 0 Å². The van der Waals surface area contributed by atoms with Crippen LogP contribution in [0.4, 0.5) is 32.0 Å². The molecule has 0 heterocycles. The van der Waals surface area contributed by atoms with Crippen LogP contribution in [0.2, 0.25) is 0 Å². The summed E-state index contributed by atoms with van der Waals surface area (Å²) >= 11 is 0. The Morgan fingerprint density at radius 1 is 0.861 bits per heavy atom. The molecular formula is C23H25F6NO5S. The summed E-state index contributed by atoms with van der Waals surface area (Å²) in [5, 5.41) is 0. The monoisotopic (exact) mass is 541 g/mol. The van der Waals surface area contributed by atoms with Gasteiger partial charge < -0.3 is 9.47 Å². The maximum Gasteiger partial charge on any atom is 0.430 e. The minimum Gasteiger partial charge on any atom is -0.458 e. The van der Waals surface area contributed by atoms with Crippen LogP contribution >= 0.6 is 0 Å². The SMILES string of the molecule is CCN(c1ccc(C(OCC(=O)OC(C)(C)C)(C(F)(F)F)C(F)(F)F)cc1)S(=O)(=O)c1ccccc1. The van der Waals surface area contributed by atoms with Crippen molar-refractivity contribution in [1.29, 1.82) is 0 Å². The van der Waals surface area contributed by atoms with E-state index in [4.69, 9.17) is 4.74 Å². The predicted octanol–water partition coefficient (Wildman–Crippen LogP) is 5.58. The zero-order valence-corrected chi connectivity index (χ0v) is 20.6. The average molecular weight is 542 g/mol. The highest BCUT2D eigenvalue weighted by atomic mass is 32.2. The Hall–Kier alpha value is -2.80. The Morgan fingerprint density at radius 3 is 1.78 bits per heavy atom. The molecule has 13 heteroatoms. The molecule has 0 fully saturated rings. The molecule has 0 unspecified atom stereocenters. The molecule has 0 aliphatic heterocycles. The second-order valence-electron chi connectivity index (χ2n) is 8.58. The minimum atomic E-state index is -6.03. The molecule has 0 aromatic heterocycles. The van der Waals surface area contributed by atoms with Crippen molar-refractivity contribution in [2.24, 2.45) is 0 Å². The van der Waals surface area contributed by atoms with Crippen molar-refractivity contribution >= 4 is 21.7 Å². The second-order valence-corrected chi connectivity index (χ2v) is 10.4. The summed E-state index contributed by atoms with van der Waals surface area (Å²) in [4.78, 5) is 11.7. The maximum atomic E-state index is 14.0. The van der Waals surface area contributed by atoms with E-state index in [1.54, 1.807) is 6.07 Å². The molecule has 0 saturated carbocycles. The molecule has 2 aromatic rings. The highest BCUT2D eigenvalue weighted by Crippen LogP contribution is 2.53. The van der Waals surface area contributed by atoms with Gasteiger partial charge in [-0.15, -0.1) is 0 Å². The summed E-state index contributed by atoms with van der Waals surface area (Å²) in [6, 6.07) is 9.66. The molecule has 0 saturated heterocycles. The molecule has 2 rings (SSSR count). The molecule has 0 bridgehead atoms. The van der Waals surface area contributed by atoms with Gasteiger partial charge in [-0.25, -0.2) is 13.2 Å². The fourth-order valence-corrected chi connectivity index (χ4v) is 4.84. The summed E-state index contributed by atoms with van der Waals surface area (Å²) in [5.41, 5.74) is -7.60. The first-order valence-electron chi connectivity index (χ1n) is 10.5. The Morgan fingerprint density at radius 2 is 1.36 bits per heavy atom. The van der Waals surface area contributed by atoms with Crippen molar-refractivity contribution < 1.29 is 49.0 Å². The Kier molecular flexibility index (Phi) is 8.41. The highest BCUT2D eigenvalue weighted by Gasteiger charge is 2.73. The number of alkyl halides is 6. The number of esters is 1. The fourth-order valence-electron chi connectivity index (χ4n) is 3.35. The number of ether oxygens (including phenoxy) is 2. The van der Waals surface area contributed by atoms with Gasteiger partial charge in [0, 0.05) is 12.1 Å². The smallest absolute Gasteiger partial charge is 0.430 e. The second kappa shape index (κ2) is 10.3. The van der Waals surface area contributed by atoms with Gasteiger partial charge in [-0.1, -0.05) is 30.3 Å². The lowest BCUT2D eigenvalue weighted by atomic mass is 9.91. The van der Waals surface area contributed by atoms with Crippen LogP contribution < -0.4 is 4.31 Å². The lowest BCUT2D eigenvalue weighted by Gasteiger charge is -2.37. The standard InChI is InChI=1S/C23H25F6NO5S/c1-5-30(36(32,33)18-9-7-6-8-10-18)17-13-11-16(12-14-17)21(22(24,25)26,23(27,28)29)34-15-19(31)35-20(2,3)4/h6-14H,5,15H2,1-4H3. The van der Waals surface area contributed by atoms with Crippen LogP contribution in [0.15, 0.2) is 59.5 Å². The van der Waals surface area contributed by atoms with E-state index in [0.29, 0.717) is 12.1 Å². The molecule has 0 N–H and O–H groups in total. The third-order valence-electron chi connectivity index (χ3n) is 4.81. The quantitative estimate of drug-likeness (QED) is 0.322. The third-order valence-corrected chi connectivity index (χ3v) is 6.72. The highest BCUT2D eigenvalue weighted by molar-refractivity contribution is 7.92. The number of benzene rings is 2. The summed E-state index contributed by atoms with van der Waals surface area (Å²) in [6.07, 6.45) is -12.1. The zero-order valence-electron chi connectivity index (χ0n) is 19.8. The van der Waals surface area contributed by atoms with Gasteiger partial charge >= 0.3 is 18.3 Å². The van der Waals surface area contributed by atoms with E-state index in [1.165, 1.54) is 52.0 Å². The fraction of sp³-hybridized carbons (Fsp3) is 0.435. The van der Waals surface area contributed by atoms with E-state index in [0.717, 1.165) is 16.4 Å². The van der Waals surface area contributed by atoms with Gasteiger partial charge in [0.2, 0.25) is 0 Å². The molecule has 2 aromatic carbocycles. The Labute approximate surface area is 204 Å². The Bertz CT molecular complexity index is 1130. The molecule has 0 aliphatic rings. The van der Waals surface area contributed by atoms with Crippen LogP contribution in [0.3, 0.4) is 0 Å². The summed E-state index contributed by atoms with van der Waals surface area (Å²) in [5.74, 6) is -1.43. The molecule has 200 valence electrons. The molecular weight excluding hydrogens is 516 g/mol. The summed E-state index contributed by atoms with van der Waals surface area (Å²) in [6.45, 7) is 3.80. The van der Waals surface area contributed by atoms with E-state index in [9.17, 15) is 39.6 Å². The largest absolute Gasteiger partial charge is 0.458 e. The van der Waals surface area contributed by atoms with E-state index in [-0.39, 0.29) is 17.1 Å².